The monoisotopic (exact) mass is 369 g/mol. The molecule has 2 aromatic rings. The Morgan fingerprint density at radius 1 is 1.07 bits per heavy atom. The van der Waals surface area contributed by atoms with E-state index in [1.807, 2.05) is 30.3 Å². The minimum atomic E-state index is -0.559. The van der Waals surface area contributed by atoms with Gasteiger partial charge in [-0.15, -0.1) is 0 Å². The molecule has 2 aromatic carbocycles. The number of esters is 2. The molecule has 0 saturated carbocycles. The van der Waals surface area contributed by atoms with Crippen molar-refractivity contribution in [2.24, 2.45) is 0 Å². The normalized spacial score (nSPS) is 16.9. The second-order valence-corrected chi connectivity index (χ2v) is 6.23. The van der Waals surface area contributed by atoms with Crippen LogP contribution in [0.3, 0.4) is 0 Å². The van der Waals surface area contributed by atoms with Crippen LogP contribution in [-0.2, 0) is 20.9 Å². The highest BCUT2D eigenvalue weighted by atomic mass is 19.1. The van der Waals surface area contributed by atoms with Gasteiger partial charge >= 0.3 is 11.9 Å². The summed E-state index contributed by atoms with van der Waals surface area (Å²) in [4.78, 5) is 23.9. The van der Waals surface area contributed by atoms with Crippen LogP contribution in [0.25, 0.3) is 0 Å². The van der Waals surface area contributed by atoms with Gasteiger partial charge < -0.3 is 9.47 Å². The van der Waals surface area contributed by atoms with Gasteiger partial charge in [0.15, 0.2) is 0 Å². The molecule has 0 aliphatic carbocycles. The molecule has 1 aliphatic rings. The first-order chi connectivity index (χ1) is 13.1. The third-order valence-corrected chi connectivity index (χ3v) is 4.16. The number of rotatable bonds is 7. The molecule has 2 radical (unpaired) electrons. The fourth-order valence-electron chi connectivity index (χ4n) is 2.68. The Bertz CT molecular complexity index is 764. The SMILES string of the molecule is O=C(CCC1C[CH][C](OC(=O)c2ccc(F)cc2)N1)OCc1ccccc1. The lowest BCUT2D eigenvalue weighted by Gasteiger charge is -2.13. The van der Waals surface area contributed by atoms with Gasteiger partial charge in [-0.05, 0) is 42.7 Å². The molecular weight excluding hydrogens is 349 g/mol. The highest BCUT2D eigenvalue weighted by Gasteiger charge is 2.29. The summed E-state index contributed by atoms with van der Waals surface area (Å²) in [5.74, 6) is -1.24. The molecule has 0 spiro atoms. The van der Waals surface area contributed by atoms with Gasteiger partial charge in [-0.2, -0.15) is 0 Å². The van der Waals surface area contributed by atoms with Gasteiger partial charge in [0.1, 0.15) is 12.4 Å². The number of ether oxygens (including phenoxy) is 2. The van der Waals surface area contributed by atoms with Crippen LogP contribution in [0.15, 0.2) is 54.6 Å². The predicted molar refractivity (Wildman–Crippen MR) is 96.4 cm³/mol. The average Bonchev–Trinajstić information content (AvgIpc) is 3.13. The largest absolute Gasteiger partial charge is 0.461 e. The fraction of sp³-hybridized carbons (Fsp3) is 0.238. The van der Waals surface area contributed by atoms with E-state index in [-0.39, 0.29) is 30.6 Å². The van der Waals surface area contributed by atoms with E-state index in [0.29, 0.717) is 19.1 Å². The molecule has 0 amide bonds. The van der Waals surface area contributed by atoms with Gasteiger partial charge in [-0.3, -0.25) is 10.1 Å². The number of carbonyl (C=O) groups excluding carboxylic acids is 2. The third kappa shape index (κ3) is 5.89. The van der Waals surface area contributed by atoms with Gasteiger partial charge in [0.05, 0.1) is 5.56 Å². The average molecular weight is 369 g/mol. The van der Waals surface area contributed by atoms with Gasteiger partial charge in [-0.1, -0.05) is 30.3 Å². The van der Waals surface area contributed by atoms with Crippen LogP contribution < -0.4 is 5.32 Å². The predicted octanol–water partition coefficient (Wildman–Crippen LogP) is 3.56. The lowest BCUT2D eigenvalue weighted by Crippen LogP contribution is -2.28. The highest BCUT2D eigenvalue weighted by Crippen LogP contribution is 2.23. The van der Waals surface area contributed by atoms with E-state index in [1.165, 1.54) is 24.3 Å². The first-order valence-electron chi connectivity index (χ1n) is 8.74. The number of nitrogens with one attached hydrogen (secondary N) is 1. The molecule has 1 atom stereocenters. The molecule has 0 aromatic heterocycles. The summed E-state index contributed by atoms with van der Waals surface area (Å²) < 4.78 is 23.4. The van der Waals surface area contributed by atoms with Crippen LogP contribution in [0.1, 0.15) is 35.2 Å². The van der Waals surface area contributed by atoms with Gasteiger partial charge in [0.25, 0.3) is 0 Å². The smallest absolute Gasteiger partial charge is 0.340 e. The Kier molecular flexibility index (Phi) is 6.54. The molecule has 1 N–H and O–H groups in total. The number of carbonyl (C=O) groups is 2. The zero-order valence-corrected chi connectivity index (χ0v) is 14.7. The molecule has 3 rings (SSSR count). The Hall–Kier alpha value is -2.73. The van der Waals surface area contributed by atoms with Crippen LogP contribution in [0.4, 0.5) is 4.39 Å². The van der Waals surface area contributed by atoms with Crippen molar-refractivity contribution in [3.63, 3.8) is 0 Å². The molecule has 1 unspecified atom stereocenters. The summed E-state index contributed by atoms with van der Waals surface area (Å²) in [5, 5.41) is 3.07. The summed E-state index contributed by atoms with van der Waals surface area (Å²) in [6, 6.07) is 14.6. The van der Waals surface area contributed by atoms with Crippen molar-refractivity contribution >= 4 is 11.9 Å². The maximum atomic E-state index is 12.9. The molecule has 0 bridgehead atoms. The Labute approximate surface area is 157 Å². The van der Waals surface area contributed by atoms with E-state index in [9.17, 15) is 14.0 Å². The zero-order valence-electron chi connectivity index (χ0n) is 14.7. The Morgan fingerprint density at radius 2 is 1.81 bits per heavy atom. The van der Waals surface area contributed by atoms with E-state index >= 15 is 0 Å². The van der Waals surface area contributed by atoms with Crippen LogP contribution in [-0.4, -0.2) is 18.0 Å². The Balaban J connectivity index is 1.36. The summed E-state index contributed by atoms with van der Waals surface area (Å²) >= 11 is 0. The number of benzene rings is 2. The van der Waals surface area contributed by atoms with E-state index in [4.69, 9.17) is 9.47 Å². The molecule has 140 valence electrons. The van der Waals surface area contributed by atoms with Gasteiger partial charge in [-0.25, -0.2) is 9.18 Å². The second kappa shape index (κ2) is 9.28. The van der Waals surface area contributed by atoms with E-state index in [0.717, 1.165) is 5.56 Å². The number of hydrogen-bond donors (Lipinski definition) is 1. The standard InChI is InChI=1S/C21H20FNO4/c22-17-8-6-16(7-9-17)21(25)27-19-12-10-18(23-19)11-13-20(24)26-14-15-4-2-1-3-5-15/h1-9,12,18,23H,10-11,13-14H2. The van der Waals surface area contributed by atoms with Gasteiger partial charge in [0, 0.05) is 18.9 Å². The molecule has 27 heavy (non-hydrogen) atoms. The highest BCUT2D eigenvalue weighted by molar-refractivity contribution is 5.89. The fourth-order valence-corrected chi connectivity index (χ4v) is 2.68. The number of hydrogen-bond acceptors (Lipinski definition) is 5. The summed E-state index contributed by atoms with van der Waals surface area (Å²) in [6.07, 6.45) is 3.62. The van der Waals surface area contributed by atoms with E-state index < -0.39 is 11.8 Å². The molecule has 6 heteroatoms. The molecule has 1 saturated heterocycles. The Morgan fingerprint density at radius 3 is 2.56 bits per heavy atom. The maximum absolute atomic E-state index is 12.9. The number of halogens is 1. The van der Waals surface area contributed by atoms with Crippen molar-refractivity contribution in [2.45, 2.75) is 31.9 Å². The molecule has 1 aliphatic heterocycles. The van der Waals surface area contributed by atoms with Crippen LogP contribution >= 0.6 is 0 Å². The third-order valence-electron chi connectivity index (χ3n) is 4.16. The first kappa shape index (κ1) is 19.0. The van der Waals surface area contributed by atoms with Gasteiger partial charge in [0.2, 0.25) is 6.23 Å². The summed E-state index contributed by atoms with van der Waals surface area (Å²) in [5.41, 5.74) is 1.22. The lowest BCUT2D eigenvalue weighted by atomic mass is 10.1. The minimum Gasteiger partial charge on any atom is -0.461 e. The first-order valence-corrected chi connectivity index (χ1v) is 8.74. The second-order valence-electron chi connectivity index (χ2n) is 6.23. The van der Waals surface area contributed by atoms with Crippen molar-refractivity contribution in [2.75, 3.05) is 0 Å². The quantitative estimate of drug-likeness (QED) is 0.756. The van der Waals surface area contributed by atoms with Crippen molar-refractivity contribution in [1.82, 2.24) is 5.32 Å². The van der Waals surface area contributed by atoms with Crippen molar-refractivity contribution < 1.29 is 23.5 Å². The van der Waals surface area contributed by atoms with E-state index in [1.54, 1.807) is 6.42 Å². The van der Waals surface area contributed by atoms with Crippen molar-refractivity contribution in [1.29, 1.82) is 0 Å². The lowest BCUT2D eigenvalue weighted by molar-refractivity contribution is -0.145. The van der Waals surface area contributed by atoms with Crippen molar-refractivity contribution in [3.8, 4) is 0 Å². The van der Waals surface area contributed by atoms with E-state index in [2.05, 4.69) is 5.32 Å². The van der Waals surface area contributed by atoms with Crippen LogP contribution in [0.2, 0.25) is 0 Å². The van der Waals surface area contributed by atoms with Crippen LogP contribution in [0, 0.1) is 18.5 Å². The molecule has 1 heterocycles. The molecule has 1 fully saturated rings. The minimum absolute atomic E-state index is 0.00490. The maximum Gasteiger partial charge on any atom is 0.340 e. The molecular formula is C21H20FNO4. The topological polar surface area (TPSA) is 64.6 Å². The van der Waals surface area contributed by atoms with Crippen molar-refractivity contribution in [3.05, 3.63) is 84.2 Å². The molecule has 5 nitrogen and oxygen atoms in total. The zero-order chi connectivity index (χ0) is 19.1. The van der Waals surface area contributed by atoms with Crippen LogP contribution in [0.5, 0.6) is 0 Å². The summed E-state index contributed by atoms with van der Waals surface area (Å²) in [6.45, 7) is 0.260. The summed E-state index contributed by atoms with van der Waals surface area (Å²) in [7, 11) is 0.